The summed E-state index contributed by atoms with van der Waals surface area (Å²) in [4.78, 5) is 27.3. The van der Waals surface area contributed by atoms with E-state index in [0.717, 1.165) is 6.07 Å². The molecule has 0 aliphatic carbocycles. The average molecular weight is 499 g/mol. The Morgan fingerprint density at radius 1 is 0.914 bits per heavy atom. The number of nitro groups is 2. The van der Waals surface area contributed by atoms with Crippen molar-refractivity contribution in [1.29, 1.82) is 0 Å². The summed E-state index contributed by atoms with van der Waals surface area (Å²) >= 11 is 0. The van der Waals surface area contributed by atoms with Crippen LogP contribution in [0.2, 0.25) is 0 Å². The molecule has 0 bridgehead atoms. The number of aromatic nitrogens is 1. The number of piperazine rings is 1. The Balaban J connectivity index is 1.57. The molecule has 0 radical (unpaired) electrons. The highest BCUT2D eigenvalue weighted by atomic mass is 32.2. The third kappa shape index (κ3) is 4.82. The summed E-state index contributed by atoms with van der Waals surface area (Å²) in [5, 5.41) is 22.9. The van der Waals surface area contributed by atoms with E-state index in [2.05, 4.69) is 4.98 Å². The molecule has 1 aromatic heterocycles. The molecule has 1 aliphatic heterocycles. The SMILES string of the molecule is NC(c1cccnc1)c1cc(N2CCN(S(=O)(=O)c3ccccc3[N+](=O)[O-])CC2)ccc1[N+](=O)[O-]. The molecule has 0 amide bonds. The summed E-state index contributed by atoms with van der Waals surface area (Å²) in [6.07, 6.45) is 3.13. The molecule has 2 aromatic carbocycles. The molecule has 1 atom stereocenters. The fourth-order valence-electron chi connectivity index (χ4n) is 4.05. The number of nitrogens with two attached hydrogens (primary N) is 1. The number of rotatable bonds is 7. The normalized spacial score (nSPS) is 15.5. The Kier molecular flexibility index (Phi) is 6.73. The average Bonchev–Trinajstić information content (AvgIpc) is 2.88. The molecule has 1 unspecified atom stereocenters. The number of benzene rings is 2. The van der Waals surface area contributed by atoms with Gasteiger partial charge in [0.05, 0.1) is 21.5 Å². The van der Waals surface area contributed by atoms with E-state index >= 15 is 0 Å². The van der Waals surface area contributed by atoms with Gasteiger partial charge in [-0.05, 0) is 29.8 Å². The standard InChI is InChI=1S/C22H22N6O6S/c23-22(16-4-3-9-24-15-16)18-14-17(7-8-19(18)27(29)30)25-10-12-26(13-11-25)35(33,34)21-6-2-1-5-20(21)28(31)32/h1-9,14-15,22H,10-13,23H2. The van der Waals surface area contributed by atoms with E-state index in [0.29, 0.717) is 29.9 Å². The van der Waals surface area contributed by atoms with Crippen molar-refractivity contribution in [3.8, 4) is 0 Å². The van der Waals surface area contributed by atoms with Crippen LogP contribution < -0.4 is 10.6 Å². The zero-order valence-corrected chi connectivity index (χ0v) is 19.2. The Morgan fingerprint density at radius 3 is 2.23 bits per heavy atom. The van der Waals surface area contributed by atoms with Crippen LogP contribution in [0.15, 0.2) is 71.9 Å². The van der Waals surface area contributed by atoms with Crippen LogP contribution >= 0.6 is 0 Å². The van der Waals surface area contributed by atoms with E-state index < -0.39 is 31.6 Å². The second-order valence-corrected chi connectivity index (χ2v) is 9.79. The predicted molar refractivity (Wildman–Crippen MR) is 127 cm³/mol. The summed E-state index contributed by atoms with van der Waals surface area (Å²) in [5.74, 6) is 0. The first-order chi connectivity index (χ1) is 16.7. The Labute approximate surface area is 201 Å². The van der Waals surface area contributed by atoms with Crippen LogP contribution in [0.1, 0.15) is 17.2 Å². The third-order valence-electron chi connectivity index (χ3n) is 5.87. The molecule has 1 saturated heterocycles. The van der Waals surface area contributed by atoms with Crippen LogP contribution in [-0.4, -0.2) is 53.7 Å². The molecule has 4 rings (SSSR count). The number of hydrogen-bond donors (Lipinski definition) is 1. The van der Waals surface area contributed by atoms with Gasteiger partial charge in [-0.2, -0.15) is 4.31 Å². The number of pyridine rings is 1. The van der Waals surface area contributed by atoms with E-state index in [1.807, 2.05) is 4.90 Å². The van der Waals surface area contributed by atoms with Gasteiger partial charge in [-0.25, -0.2) is 8.42 Å². The number of anilines is 1. The van der Waals surface area contributed by atoms with Gasteiger partial charge in [0.25, 0.3) is 11.4 Å². The maximum atomic E-state index is 13.1. The summed E-state index contributed by atoms with van der Waals surface area (Å²) in [5.41, 5.74) is 7.33. The largest absolute Gasteiger partial charge is 0.369 e. The maximum absolute atomic E-state index is 13.1. The summed E-state index contributed by atoms with van der Waals surface area (Å²) in [6, 6.07) is 12.5. The van der Waals surface area contributed by atoms with Gasteiger partial charge >= 0.3 is 0 Å². The minimum Gasteiger partial charge on any atom is -0.369 e. The molecule has 3 aromatic rings. The number of sulfonamides is 1. The fourth-order valence-corrected chi connectivity index (χ4v) is 5.62. The van der Waals surface area contributed by atoms with Gasteiger partial charge in [0.2, 0.25) is 10.0 Å². The second kappa shape index (κ2) is 9.74. The Hall–Kier alpha value is -3.94. The van der Waals surface area contributed by atoms with Crippen LogP contribution in [0, 0.1) is 20.2 Å². The smallest absolute Gasteiger partial charge is 0.289 e. The molecule has 13 heteroatoms. The topological polar surface area (TPSA) is 166 Å². The van der Waals surface area contributed by atoms with Crippen LogP contribution in [0.5, 0.6) is 0 Å². The van der Waals surface area contributed by atoms with Gasteiger partial charge in [0, 0.05) is 56.4 Å². The van der Waals surface area contributed by atoms with E-state index in [1.165, 1.54) is 28.6 Å². The van der Waals surface area contributed by atoms with Crippen molar-refractivity contribution in [3.05, 3.63) is 98.3 Å². The monoisotopic (exact) mass is 498 g/mol. The first kappa shape index (κ1) is 24.2. The number of hydrogen-bond acceptors (Lipinski definition) is 9. The van der Waals surface area contributed by atoms with Gasteiger partial charge in [-0.3, -0.25) is 25.2 Å². The molecule has 0 spiro atoms. The van der Waals surface area contributed by atoms with Gasteiger partial charge in [-0.15, -0.1) is 0 Å². The molecule has 1 aliphatic rings. The summed E-state index contributed by atoms with van der Waals surface area (Å²) in [6.45, 7) is 0.767. The Morgan fingerprint density at radius 2 is 1.60 bits per heavy atom. The lowest BCUT2D eigenvalue weighted by Gasteiger charge is -2.35. The fraction of sp³-hybridized carbons (Fsp3) is 0.227. The van der Waals surface area contributed by atoms with Gasteiger partial charge in [-0.1, -0.05) is 18.2 Å². The first-order valence-electron chi connectivity index (χ1n) is 10.6. The predicted octanol–water partition coefficient (Wildman–Crippen LogP) is 2.46. The van der Waals surface area contributed by atoms with Crippen LogP contribution in [-0.2, 0) is 10.0 Å². The van der Waals surface area contributed by atoms with Crippen LogP contribution in [0.3, 0.4) is 0 Å². The van der Waals surface area contributed by atoms with Crippen molar-refractivity contribution in [3.63, 3.8) is 0 Å². The summed E-state index contributed by atoms with van der Waals surface area (Å²) < 4.78 is 27.4. The minimum atomic E-state index is -4.07. The van der Waals surface area contributed by atoms with E-state index in [-0.39, 0.29) is 23.7 Å². The number of nitro benzene ring substituents is 2. The zero-order chi connectivity index (χ0) is 25.2. The lowest BCUT2D eigenvalue weighted by molar-refractivity contribution is -0.387. The first-order valence-corrected chi connectivity index (χ1v) is 12.1. The second-order valence-electron chi connectivity index (χ2n) is 7.88. The molecule has 2 N–H and O–H groups in total. The van der Waals surface area contributed by atoms with Crippen molar-refractivity contribution in [2.24, 2.45) is 5.73 Å². The van der Waals surface area contributed by atoms with E-state index in [1.54, 1.807) is 36.7 Å². The molecular weight excluding hydrogens is 476 g/mol. The molecule has 2 heterocycles. The highest BCUT2D eigenvalue weighted by molar-refractivity contribution is 7.89. The molecule has 12 nitrogen and oxygen atoms in total. The maximum Gasteiger partial charge on any atom is 0.289 e. The third-order valence-corrected chi connectivity index (χ3v) is 7.82. The molecule has 0 saturated carbocycles. The number of nitrogens with zero attached hydrogens (tertiary/aromatic N) is 5. The van der Waals surface area contributed by atoms with Gasteiger partial charge < -0.3 is 10.6 Å². The van der Waals surface area contributed by atoms with Crippen LogP contribution in [0.4, 0.5) is 17.1 Å². The quantitative estimate of drug-likeness (QED) is 0.380. The van der Waals surface area contributed by atoms with Crippen molar-refractivity contribution >= 4 is 27.1 Å². The van der Waals surface area contributed by atoms with Gasteiger partial charge in [0.1, 0.15) is 0 Å². The van der Waals surface area contributed by atoms with Crippen molar-refractivity contribution in [2.45, 2.75) is 10.9 Å². The highest BCUT2D eigenvalue weighted by Gasteiger charge is 2.34. The molecule has 182 valence electrons. The minimum absolute atomic E-state index is 0.0926. The molecule has 1 fully saturated rings. The van der Waals surface area contributed by atoms with Crippen molar-refractivity contribution in [2.75, 3.05) is 31.1 Å². The van der Waals surface area contributed by atoms with E-state index in [4.69, 9.17) is 5.73 Å². The lowest BCUT2D eigenvalue weighted by atomic mass is 9.98. The summed E-state index contributed by atoms with van der Waals surface area (Å²) in [7, 11) is -4.07. The highest BCUT2D eigenvalue weighted by Crippen LogP contribution is 2.33. The van der Waals surface area contributed by atoms with Crippen molar-refractivity contribution < 1.29 is 18.3 Å². The zero-order valence-electron chi connectivity index (χ0n) is 18.4. The molecule has 35 heavy (non-hydrogen) atoms. The van der Waals surface area contributed by atoms with E-state index in [9.17, 15) is 28.6 Å². The molecular formula is C22H22N6O6S. The Bertz CT molecular complexity index is 1360. The van der Waals surface area contributed by atoms with Crippen LogP contribution in [0.25, 0.3) is 0 Å². The number of para-hydroxylation sites is 1. The van der Waals surface area contributed by atoms with Gasteiger partial charge in [0.15, 0.2) is 4.90 Å². The lowest BCUT2D eigenvalue weighted by Crippen LogP contribution is -2.48. The van der Waals surface area contributed by atoms with Crippen molar-refractivity contribution in [1.82, 2.24) is 9.29 Å².